The van der Waals surface area contributed by atoms with Crippen LogP contribution >= 0.6 is 24.2 Å². The molecule has 48 valence electrons. The molecule has 0 atom stereocenters. The van der Waals surface area contributed by atoms with E-state index in [4.69, 9.17) is 0 Å². The fourth-order valence-electron chi connectivity index (χ4n) is 0.367. The second-order valence-electron chi connectivity index (χ2n) is 1.37. The quantitative estimate of drug-likeness (QED) is 0.510. The molecule has 1 aromatic heterocycles. The zero-order valence-corrected chi connectivity index (χ0v) is 6.15. The first kappa shape index (κ1) is 6.70. The largest absolute Gasteiger partial charge is 0.291 e. The number of Topliss-reactive ketones (excluding diaryl/α,β-unsaturated/α-hetero) is 1. The van der Waals surface area contributed by atoms with E-state index >= 15 is 0 Å². The zero-order chi connectivity index (χ0) is 6.69. The summed E-state index contributed by atoms with van der Waals surface area (Å²) in [7, 11) is 0. The Morgan fingerprint density at radius 3 is 3.11 bits per heavy atom. The molecule has 0 aromatic carbocycles. The lowest BCUT2D eigenvalue weighted by atomic mass is 10.4. The molecule has 1 rings (SSSR count). The van der Waals surface area contributed by atoms with Crippen LogP contribution in [0.3, 0.4) is 0 Å². The molecular weight excluding hydrogens is 156 g/mol. The van der Waals surface area contributed by atoms with Crippen molar-refractivity contribution in [2.24, 2.45) is 0 Å². The summed E-state index contributed by atoms with van der Waals surface area (Å²) in [6.07, 6.45) is 0. The minimum absolute atomic E-state index is 0.0768. The Morgan fingerprint density at radius 1 is 1.89 bits per heavy atom. The molecule has 1 aromatic rings. The number of carbonyl (C=O) groups is 1. The minimum atomic E-state index is -0.0768. The van der Waals surface area contributed by atoms with E-state index in [0.29, 0.717) is 5.69 Å². The van der Waals surface area contributed by atoms with Gasteiger partial charge in [0.1, 0.15) is 5.69 Å². The first-order valence-electron chi connectivity index (χ1n) is 2.25. The van der Waals surface area contributed by atoms with Crippen molar-refractivity contribution >= 4 is 29.9 Å². The van der Waals surface area contributed by atoms with Gasteiger partial charge in [-0.15, -0.1) is 5.10 Å². The van der Waals surface area contributed by atoms with Crippen LogP contribution in [0, 0.1) is 0 Å². The summed E-state index contributed by atoms with van der Waals surface area (Å²) in [4.78, 5) is 10.7. The molecule has 0 N–H and O–H groups in total. The van der Waals surface area contributed by atoms with Crippen LogP contribution in [0.15, 0.2) is 5.38 Å². The molecule has 0 spiro atoms. The van der Waals surface area contributed by atoms with Crippen molar-refractivity contribution in [1.29, 1.82) is 0 Å². The van der Waals surface area contributed by atoms with Gasteiger partial charge in [-0.25, -0.2) is 0 Å². The average molecular weight is 160 g/mol. The average Bonchev–Trinajstić information content (AvgIpc) is 2.37. The van der Waals surface area contributed by atoms with Gasteiger partial charge in [0.25, 0.3) is 0 Å². The van der Waals surface area contributed by atoms with Crippen molar-refractivity contribution in [3.05, 3.63) is 11.1 Å². The van der Waals surface area contributed by atoms with Gasteiger partial charge in [-0.1, -0.05) is 4.49 Å². The third-order valence-corrected chi connectivity index (χ3v) is 1.58. The van der Waals surface area contributed by atoms with Crippen LogP contribution in [-0.4, -0.2) is 21.1 Å². The molecule has 0 saturated carbocycles. The van der Waals surface area contributed by atoms with Crippen LogP contribution in [-0.2, 0) is 0 Å². The molecule has 0 fully saturated rings. The Hall–Kier alpha value is -0.420. The highest BCUT2D eigenvalue weighted by atomic mass is 32.1. The van der Waals surface area contributed by atoms with Gasteiger partial charge in [-0.05, 0) is 11.5 Å². The molecule has 0 aliphatic carbocycles. The van der Waals surface area contributed by atoms with E-state index in [1.807, 2.05) is 0 Å². The van der Waals surface area contributed by atoms with Crippen LogP contribution in [0.4, 0.5) is 0 Å². The third kappa shape index (κ3) is 1.49. The summed E-state index contributed by atoms with van der Waals surface area (Å²) in [6.45, 7) is 0. The van der Waals surface area contributed by atoms with Crippen molar-refractivity contribution in [2.45, 2.75) is 0 Å². The highest BCUT2D eigenvalue weighted by Gasteiger charge is 2.04. The van der Waals surface area contributed by atoms with Crippen molar-refractivity contribution in [1.82, 2.24) is 9.59 Å². The zero-order valence-electron chi connectivity index (χ0n) is 4.44. The van der Waals surface area contributed by atoms with E-state index in [-0.39, 0.29) is 11.5 Å². The monoisotopic (exact) mass is 160 g/mol. The molecule has 1 heterocycles. The highest BCUT2D eigenvalue weighted by Crippen LogP contribution is 1.98. The number of aromatic nitrogens is 2. The van der Waals surface area contributed by atoms with Crippen LogP contribution in [0.25, 0.3) is 0 Å². The SMILES string of the molecule is O=C(CS)c1csnn1. The summed E-state index contributed by atoms with van der Waals surface area (Å²) in [5.74, 6) is 0.123. The molecule has 0 aliphatic heterocycles. The topological polar surface area (TPSA) is 42.9 Å². The molecule has 3 nitrogen and oxygen atoms in total. The van der Waals surface area contributed by atoms with Crippen LogP contribution in [0.5, 0.6) is 0 Å². The van der Waals surface area contributed by atoms with E-state index in [0.717, 1.165) is 0 Å². The molecule has 5 heteroatoms. The predicted molar refractivity (Wildman–Crippen MR) is 38.1 cm³/mol. The maximum absolute atomic E-state index is 10.7. The maximum Gasteiger partial charge on any atom is 0.193 e. The van der Waals surface area contributed by atoms with E-state index < -0.39 is 0 Å². The predicted octanol–water partition coefficient (Wildman–Crippen LogP) is 0.651. The maximum atomic E-state index is 10.7. The van der Waals surface area contributed by atoms with Gasteiger partial charge in [0.2, 0.25) is 0 Å². The number of hydrogen-bond acceptors (Lipinski definition) is 5. The lowest BCUT2D eigenvalue weighted by molar-refractivity contribution is 0.101. The Labute approximate surface area is 61.7 Å². The molecule has 0 saturated heterocycles. The molecule has 9 heavy (non-hydrogen) atoms. The molecule has 0 aliphatic rings. The van der Waals surface area contributed by atoms with Crippen molar-refractivity contribution < 1.29 is 4.79 Å². The van der Waals surface area contributed by atoms with E-state index in [1.165, 1.54) is 11.5 Å². The number of carbonyl (C=O) groups excluding carboxylic acids is 1. The van der Waals surface area contributed by atoms with Crippen LogP contribution in [0.2, 0.25) is 0 Å². The molecule has 0 amide bonds. The molecular formula is C4H4N2OS2. The summed E-state index contributed by atoms with van der Waals surface area (Å²) >= 11 is 4.96. The minimum Gasteiger partial charge on any atom is -0.291 e. The van der Waals surface area contributed by atoms with E-state index in [1.54, 1.807) is 5.38 Å². The Morgan fingerprint density at radius 2 is 2.67 bits per heavy atom. The first-order valence-corrected chi connectivity index (χ1v) is 3.72. The molecule has 0 bridgehead atoms. The summed E-state index contributed by atoms with van der Waals surface area (Å²) < 4.78 is 3.53. The number of rotatable bonds is 2. The van der Waals surface area contributed by atoms with Crippen molar-refractivity contribution in [3.8, 4) is 0 Å². The van der Waals surface area contributed by atoms with Gasteiger partial charge in [-0.3, -0.25) is 4.79 Å². The van der Waals surface area contributed by atoms with Gasteiger partial charge in [-0.2, -0.15) is 12.6 Å². The second kappa shape index (κ2) is 2.93. The smallest absolute Gasteiger partial charge is 0.193 e. The van der Waals surface area contributed by atoms with Gasteiger partial charge < -0.3 is 0 Å². The van der Waals surface area contributed by atoms with Crippen molar-refractivity contribution in [3.63, 3.8) is 0 Å². The number of hydrogen-bond donors (Lipinski definition) is 1. The number of ketones is 1. The highest BCUT2D eigenvalue weighted by molar-refractivity contribution is 7.81. The van der Waals surface area contributed by atoms with Crippen LogP contribution in [0.1, 0.15) is 10.5 Å². The van der Waals surface area contributed by atoms with Gasteiger partial charge in [0.15, 0.2) is 5.78 Å². The Balaban J connectivity index is 2.77. The fourth-order valence-corrected chi connectivity index (χ4v) is 0.990. The molecule has 0 radical (unpaired) electrons. The lowest BCUT2D eigenvalue weighted by Crippen LogP contribution is -1.99. The van der Waals surface area contributed by atoms with Crippen molar-refractivity contribution in [2.75, 3.05) is 5.75 Å². The van der Waals surface area contributed by atoms with Crippen LogP contribution < -0.4 is 0 Å². The van der Waals surface area contributed by atoms with E-state index in [2.05, 4.69) is 22.2 Å². The van der Waals surface area contributed by atoms with Gasteiger partial charge in [0.05, 0.1) is 5.75 Å². The second-order valence-corrected chi connectivity index (χ2v) is 2.30. The Kier molecular flexibility index (Phi) is 2.18. The summed E-state index contributed by atoms with van der Waals surface area (Å²) in [6, 6.07) is 0. The number of nitrogens with zero attached hydrogens (tertiary/aromatic N) is 2. The lowest BCUT2D eigenvalue weighted by Gasteiger charge is -1.83. The standard InChI is InChI=1S/C4H4N2OS2/c7-4(1-8)3-2-9-6-5-3/h2,8H,1H2. The van der Waals surface area contributed by atoms with Gasteiger partial charge >= 0.3 is 0 Å². The summed E-state index contributed by atoms with van der Waals surface area (Å²) in [5, 5.41) is 5.17. The normalized spacial score (nSPS) is 9.44. The van der Waals surface area contributed by atoms with Gasteiger partial charge in [0, 0.05) is 5.38 Å². The first-order chi connectivity index (χ1) is 4.34. The van der Waals surface area contributed by atoms with E-state index in [9.17, 15) is 4.79 Å². The summed E-state index contributed by atoms with van der Waals surface area (Å²) in [5.41, 5.74) is 0.412. The fraction of sp³-hybridized carbons (Fsp3) is 0.250. The molecule has 0 unspecified atom stereocenters. The number of thiol groups is 1. The Bertz CT molecular complexity index is 196. The third-order valence-electron chi connectivity index (χ3n) is 0.789.